The Bertz CT molecular complexity index is 1450. The molecule has 0 amide bonds. The van der Waals surface area contributed by atoms with Crippen LogP contribution in [0, 0.1) is 0 Å². The van der Waals surface area contributed by atoms with Crippen LogP contribution in [0.25, 0.3) is 10.8 Å². The Morgan fingerprint density at radius 2 is 1.89 bits per heavy atom. The minimum absolute atomic E-state index is 0.537. The van der Waals surface area contributed by atoms with Crippen LogP contribution in [0.1, 0.15) is 35.4 Å². The van der Waals surface area contributed by atoms with Crippen molar-refractivity contribution in [1.82, 2.24) is 20.2 Å². The molecule has 1 aliphatic heterocycles. The van der Waals surface area contributed by atoms with Crippen LogP contribution in [0.15, 0.2) is 83.2 Å². The second-order valence-corrected chi connectivity index (χ2v) is 9.63. The molecule has 1 saturated carbocycles. The molecule has 1 saturated heterocycles. The fourth-order valence-electron chi connectivity index (χ4n) is 5.03. The molecule has 0 radical (unpaired) electrons. The van der Waals surface area contributed by atoms with E-state index in [2.05, 4.69) is 85.7 Å². The van der Waals surface area contributed by atoms with E-state index in [1.54, 1.807) is 0 Å². The van der Waals surface area contributed by atoms with Crippen molar-refractivity contribution >= 4 is 40.5 Å². The zero-order valence-corrected chi connectivity index (χ0v) is 20.9. The summed E-state index contributed by atoms with van der Waals surface area (Å²) in [5.74, 6) is 2.34. The minimum Gasteiger partial charge on any atom is -0.354 e. The topological polar surface area (TPSA) is 77.8 Å². The number of hydrogen-bond donors (Lipinski definition) is 2. The normalized spacial score (nSPS) is 16.1. The highest BCUT2D eigenvalue weighted by Gasteiger charge is 2.31. The van der Waals surface area contributed by atoms with Crippen LogP contribution in [0.5, 0.6) is 0 Å². The van der Waals surface area contributed by atoms with Crippen LogP contribution < -0.4 is 10.6 Å². The first-order valence-corrected chi connectivity index (χ1v) is 12.9. The Morgan fingerprint density at radius 3 is 2.73 bits per heavy atom. The van der Waals surface area contributed by atoms with Crippen LogP contribution in [-0.4, -0.2) is 53.6 Å². The first kappa shape index (κ1) is 23.3. The molecule has 2 fully saturated rings. The fourth-order valence-corrected chi connectivity index (χ4v) is 5.03. The fraction of sp³-hybridized carbons (Fsp3) is 0.267. The molecule has 7 nitrogen and oxygen atoms in total. The standard InChI is InChI=1S/C30H31N7/c1-31-27-20-33-19-25(23-9-10-23)29(27)30(37-15-13-32-14-16-37)35-18-21-11-12-34-28(17-21)36-26-8-4-6-22-5-2-3-7-24(22)26/h2-8,11-12,17,19-20,23,32H,1,9-10,13-16,18H2,(H,34,36)/b35-30+. The second kappa shape index (κ2) is 10.5. The highest BCUT2D eigenvalue weighted by molar-refractivity contribution is 6.04. The van der Waals surface area contributed by atoms with Gasteiger partial charge < -0.3 is 15.5 Å². The van der Waals surface area contributed by atoms with E-state index < -0.39 is 0 Å². The van der Waals surface area contributed by atoms with Crippen molar-refractivity contribution < 1.29 is 0 Å². The van der Waals surface area contributed by atoms with Gasteiger partial charge in [0.15, 0.2) is 0 Å². The summed E-state index contributed by atoms with van der Waals surface area (Å²) in [6, 6.07) is 18.8. The van der Waals surface area contributed by atoms with Crippen LogP contribution in [0.2, 0.25) is 0 Å². The average Bonchev–Trinajstić information content (AvgIpc) is 3.80. The second-order valence-electron chi connectivity index (χ2n) is 9.63. The van der Waals surface area contributed by atoms with E-state index in [1.807, 2.05) is 24.7 Å². The zero-order chi connectivity index (χ0) is 25.0. The average molecular weight is 490 g/mol. The number of anilines is 2. The number of amidine groups is 1. The summed E-state index contributed by atoms with van der Waals surface area (Å²) in [5.41, 5.74) is 5.29. The predicted octanol–water partition coefficient (Wildman–Crippen LogP) is 5.43. The summed E-state index contributed by atoms with van der Waals surface area (Å²) in [7, 11) is 0. The molecule has 0 spiro atoms. The number of aromatic nitrogens is 2. The number of hydrogen-bond acceptors (Lipinski definition) is 6. The molecule has 7 heteroatoms. The quantitative estimate of drug-likeness (QED) is 0.267. The Balaban J connectivity index is 1.32. The molecule has 2 aromatic carbocycles. The van der Waals surface area contributed by atoms with Crippen LogP contribution >= 0.6 is 0 Å². The van der Waals surface area contributed by atoms with Gasteiger partial charge in [0.05, 0.1) is 18.4 Å². The third-order valence-corrected chi connectivity index (χ3v) is 7.07. The molecule has 0 atom stereocenters. The van der Waals surface area contributed by atoms with E-state index in [-0.39, 0.29) is 0 Å². The maximum Gasteiger partial charge on any atom is 0.133 e. The number of nitrogens with zero attached hydrogens (tertiary/aromatic N) is 5. The van der Waals surface area contributed by atoms with E-state index in [9.17, 15) is 0 Å². The summed E-state index contributed by atoms with van der Waals surface area (Å²) in [5, 5.41) is 9.34. The third kappa shape index (κ3) is 5.08. The summed E-state index contributed by atoms with van der Waals surface area (Å²) >= 11 is 0. The van der Waals surface area contributed by atoms with Gasteiger partial charge >= 0.3 is 0 Å². The number of fused-ring (bicyclic) bond motifs is 1. The molecule has 2 aliphatic rings. The van der Waals surface area contributed by atoms with Gasteiger partial charge in [-0.05, 0) is 60.2 Å². The Morgan fingerprint density at radius 1 is 1.05 bits per heavy atom. The van der Waals surface area contributed by atoms with Gasteiger partial charge in [-0.1, -0.05) is 36.4 Å². The molecule has 6 rings (SSSR count). The van der Waals surface area contributed by atoms with Crippen LogP contribution in [0.4, 0.5) is 17.2 Å². The molecule has 1 aliphatic carbocycles. The summed E-state index contributed by atoms with van der Waals surface area (Å²) < 4.78 is 0. The molecule has 4 aromatic rings. The van der Waals surface area contributed by atoms with E-state index in [0.29, 0.717) is 12.5 Å². The van der Waals surface area contributed by atoms with Gasteiger partial charge in [0.2, 0.25) is 0 Å². The maximum atomic E-state index is 5.21. The number of nitrogens with one attached hydrogen (secondary N) is 2. The van der Waals surface area contributed by atoms with Gasteiger partial charge in [-0.25, -0.2) is 4.98 Å². The van der Waals surface area contributed by atoms with E-state index >= 15 is 0 Å². The summed E-state index contributed by atoms with van der Waals surface area (Å²) in [6.07, 6.45) is 8.04. The van der Waals surface area contributed by atoms with Gasteiger partial charge in [0.25, 0.3) is 0 Å². The lowest BCUT2D eigenvalue weighted by molar-refractivity contribution is 0.357. The number of pyridine rings is 2. The van der Waals surface area contributed by atoms with E-state index in [4.69, 9.17) is 4.99 Å². The van der Waals surface area contributed by atoms with Crippen molar-refractivity contribution in [2.75, 3.05) is 31.5 Å². The summed E-state index contributed by atoms with van der Waals surface area (Å²) in [6.45, 7) is 8.08. The lowest BCUT2D eigenvalue weighted by Crippen LogP contribution is -2.47. The molecule has 3 heterocycles. The van der Waals surface area contributed by atoms with E-state index in [0.717, 1.165) is 60.3 Å². The number of benzene rings is 2. The molecular formula is C30H31N7. The first-order chi connectivity index (χ1) is 18.3. The van der Waals surface area contributed by atoms with Crippen molar-refractivity contribution in [2.45, 2.75) is 25.3 Å². The highest BCUT2D eigenvalue weighted by Crippen LogP contribution is 2.43. The van der Waals surface area contributed by atoms with Gasteiger partial charge in [-0.2, -0.15) is 0 Å². The molecule has 2 N–H and O–H groups in total. The molecule has 2 aromatic heterocycles. The highest BCUT2D eigenvalue weighted by atomic mass is 15.2. The Labute approximate surface area is 217 Å². The van der Waals surface area contributed by atoms with Crippen LogP contribution in [0.3, 0.4) is 0 Å². The molecule has 0 unspecified atom stereocenters. The van der Waals surface area contributed by atoms with Crippen molar-refractivity contribution in [3.8, 4) is 0 Å². The molecule has 186 valence electrons. The molecule has 37 heavy (non-hydrogen) atoms. The predicted molar refractivity (Wildman–Crippen MR) is 152 cm³/mol. The zero-order valence-electron chi connectivity index (χ0n) is 20.9. The molecule has 0 bridgehead atoms. The monoisotopic (exact) mass is 489 g/mol. The molecular weight excluding hydrogens is 458 g/mol. The summed E-state index contributed by atoms with van der Waals surface area (Å²) in [4.78, 5) is 21.0. The van der Waals surface area contributed by atoms with Crippen molar-refractivity contribution in [1.29, 1.82) is 0 Å². The third-order valence-electron chi connectivity index (χ3n) is 7.07. The Hall–Kier alpha value is -4.10. The van der Waals surface area contributed by atoms with Gasteiger partial charge in [-0.15, -0.1) is 0 Å². The number of rotatable bonds is 7. The minimum atomic E-state index is 0.537. The van der Waals surface area contributed by atoms with Gasteiger partial charge in [0.1, 0.15) is 11.7 Å². The van der Waals surface area contributed by atoms with Crippen molar-refractivity contribution in [3.05, 3.63) is 89.9 Å². The lowest BCUT2D eigenvalue weighted by Gasteiger charge is -2.32. The van der Waals surface area contributed by atoms with Crippen molar-refractivity contribution in [2.24, 2.45) is 9.98 Å². The van der Waals surface area contributed by atoms with E-state index in [1.165, 1.54) is 29.2 Å². The first-order valence-electron chi connectivity index (χ1n) is 12.9. The van der Waals surface area contributed by atoms with Crippen molar-refractivity contribution in [3.63, 3.8) is 0 Å². The lowest BCUT2D eigenvalue weighted by atomic mass is 10.0. The number of piperazine rings is 1. The Kier molecular flexibility index (Phi) is 6.60. The smallest absolute Gasteiger partial charge is 0.133 e. The van der Waals surface area contributed by atoms with Gasteiger partial charge in [-0.3, -0.25) is 15.0 Å². The largest absolute Gasteiger partial charge is 0.354 e. The van der Waals surface area contributed by atoms with Gasteiger partial charge in [0, 0.05) is 55.2 Å². The maximum absolute atomic E-state index is 5.21. The SMILES string of the molecule is C=Nc1cncc(C2CC2)c1/C(=N\Cc1ccnc(Nc2cccc3ccccc23)c1)N1CCNCC1. The van der Waals surface area contributed by atoms with Crippen LogP contribution in [-0.2, 0) is 6.54 Å². The number of aliphatic imine (C=N–C) groups is 2.